The maximum atomic E-state index is 11.9. The Morgan fingerprint density at radius 2 is 2.25 bits per heavy atom. The van der Waals surface area contributed by atoms with Gasteiger partial charge in [0.25, 0.3) is 0 Å². The first-order chi connectivity index (χ1) is 13.5. The number of carbonyl (C=O) groups excluding carboxylic acids is 1. The zero-order chi connectivity index (χ0) is 20.1. The summed E-state index contributed by atoms with van der Waals surface area (Å²) in [4.78, 5) is 31.1. The van der Waals surface area contributed by atoms with E-state index in [1.807, 2.05) is 30.9 Å². The number of carbonyl (C=O) groups is 1. The van der Waals surface area contributed by atoms with Gasteiger partial charge in [0, 0.05) is 30.6 Å². The Morgan fingerprint density at radius 1 is 1.43 bits per heavy atom. The lowest BCUT2D eigenvalue weighted by molar-refractivity contribution is -0.122. The average Bonchev–Trinajstić information content (AvgIpc) is 3.22. The van der Waals surface area contributed by atoms with Crippen LogP contribution >= 0.6 is 0 Å². The van der Waals surface area contributed by atoms with Crippen molar-refractivity contribution in [3.8, 4) is 11.5 Å². The van der Waals surface area contributed by atoms with Gasteiger partial charge in [0.1, 0.15) is 12.0 Å². The molecular formula is C18H22N8O2. The zero-order valence-corrected chi connectivity index (χ0v) is 16.1. The molecule has 0 spiro atoms. The number of hydrogen-bond donors (Lipinski definition) is 2. The molecule has 0 aliphatic carbocycles. The van der Waals surface area contributed by atoms with Crippen LogP contribution < -0.4 is 5.32 Å². The van der Waals surface area contributed by atoms with Crippen molar-refractivity contribution in [2.45, 2.75) is 13.8 Å². The molecule has 10 nitrogen and oxygen atoms in total. The third kappa shape index (κ3) is 4.12. The van der Waals surface area contributed by atoms with Crippen molar-refractivity contribution in [3.05, 3.63) is 41.4 Å². The van der Waals surface area contributed by atoms with Crippen molar-refractivity contribution in [2.75, 3.05) is 26.8 Å². The lowest BCUT2D eigenvalue weighted by Crippen LogP contribution is -2.44. The molecule has 0 radical (unpaired) electrons. The summed E-state index contributed by atoms with van der Waals surface area (Å²) >= 11 is 0. The number of aryl methyl sites for hydroxylation is 1. The second kappa shape index (κ2) is 8.53. The molecule has 2 N–H and O–H groups in total. The normalized spacial score (nSPS) is 15.0. The second-order valence-corrected chi connectivity index (χ2v) is 6.15. The van der Waals surface area contributed by atoms with Gasteiger partial charge in [0.2, 0.25) is 5.91 Å². The molecule has 0 fully saturated rings. The van der Waals surface area contributed by atoms with Crippen LogP contribution in [0.3, 0.4) is 0 Å². The van der Waals surface area contributed by atoms with E-state index < -0.39 is 0 Å². The van der Waals surface area contributed by atoms with E-state index in [2.05, 4.69) is 37.2 Å². The van der Waals surface area contributed by atoms with Crippen LogP contribution in [0.25, 0.3) is 11.5 Å². The lowest BCUT2D eigenvalue weighted by Gasteiger charge is -2.29. The number of pyridine rings is 1. The highest BCUT2D eigenvalue weighted by molar-refractivity contribution is 6.00. The van der Waals surface area contributed by atoms with Crippen LogP contribution in [0.2, 0.25) is 0 Å². The summed E-state index contributed by atoms with van der Waals surface area (Å²) in [5.74, 6) is 1.31. The van der Waals surface area contributed by atoms with E-state index in [1.54, 1.807) is 7.11 Å². The topological polar surface area (TPSA) is 121 Å². The van der Waals surface area contributed by atoms with Gasteiger partial charge in [0.15, 0.2) is 17.5 Å². The van der Waals surface area contributed by atoms with Gasteiger partial charge in [-0.25, -0.2) is 20.0 Å². The van der Waals surface area contributed by atoms with Gasteiger partial charge in [-0.2, -0.15) is 5.10 Å². The first-order valence-corrected chi connectivity index (χ1v) is 8.67. The summed E-state index contributed by atoms with van der Waals surface area (Å²) in [6, 6.07) is 3.79. The molecule has 1 aliphatic rings. The van der Waals surface area contributed by atoms with Crippen LogP contribution in [-0.4, -0.2) is 70.2 Å². The number of rotatable bonds is 7. The third-order valence-electron chi connectivity index (χ3n) is 4.23. The number of aliphatic imine (C=N–C) groups is 2. The lowest BCUT2D eigenvalue weighted by atomic mass is 10.1. The van der Waals surface area contributed by atoms with Crippen molar-refractivity contribution in [1.29, 1.82) is 0 Å². The Morgan fingerprint density at radius 3 is 2.89 bits per heavy atom. The number of nitrogens with zero attached hydrogens (tertiary/aromatic N) is 6. The summed E-state index contributed by atoms with van der Waals surface area (Å²) < 4.78 is 5.14. The molecule has 0 saturated heterocycles. The Labute approximate surface area is 162 Å². The molecule has 0 aromatic carbocycles. The maximum Gasteiger partial charge on any atom is 0.245 e. The molecule has 1 amide bonds. The Bertz CT molecular complexity index is 933. The largest absolute Gasteiger partial charge is 0.383 e. The Kier molecular flexibility index (Phi) is 5.90. The van der Waals surface area contributed by atoms with E-state index in [0.717, 1.165) is 17.0 Å². The molecule has 28 heavy (non-hydrogen) atoms. The van der Waals surface area contributed by atoms with E-state index in [1.165, 1.54) is 6.33 Å². The second-order valence-electron chi connectivity index (χ2n) is 6.15. The molecule has 0 bridgehead atoms. The number of amides is 1. The Balaban J connectivity index is 1.95. The number of nitrogens with one attached hydrogen (secondary N) is 2. The molecule has 2 aromatic rings. The molecular weight excluding hydrogens is 360 g/mol. The molecule has 146 valence electrons. The summed E-state index contributed by atoms with van der Waals surface area (Å²) in [5, 5.41) is 9.35. The van der Waals surface area contributed by atoms with E-state index in [4.69, 9.17) is 9.73 Å². The van der Waals surface area contributed by atoms with E-state index in [0.29, 0.717) is 36.3 Å². The summed E-state index contributed by atoms with van der Waals surface area (Å²) in [7, 11) is 1.61. The van der Waals surface area contributed by atoms with Gasteiger partial charge in [-0.05, 0) is 32.7 Å². The maximum absolute atomic E-state index is 11.9. The highest BCUT2D eigenvalue weighted by atomic mass is 16.5. The van der Waals surface area contributed by atoms with Crippen molar-refractivity contribution in [1.82, 2.24) is 30.4 Å². The van der Waals surface area contributed by atoms with Crippen molar-refractivity contribution in [3.63, 3.8) is 0 Å². The SMILES string of the molecule is C=NC1=C(N=C(C)c2ccc(-c3ncn[nH]3)nc2C)N(CCOC)CC(=O)N1. The van der Waals surface area contributed by atoms with Crippen LogP contribution in [0.1, 0.15) is 18.2 Å². The van der Waals surface area contributed by atoms with Crippen LogP contribution in [-0.2, 0) is 9.53 Å². The predicted octanol–water partition coefficient (Wildman–Crippen LogP) is 0.890. The summed E-state index contributed by atoms with van der Waals surface area (Å²) in [5.41, 5.74) is 3.12. The van der Waals surface area contributed by atoms with Crippen LogP contribution in [0, 0.1) is 6.92 Å². The standard InChI is InChI=1S/C18H22N8O2/c1-11-13(5-6-14(22-11)16-20-10-21-25-16)12(2)23-18-17(19-3)24-15(27)9-26(18)7-8-28-4/h5-6,10H,3,7-9H2,1-2,4H3,(H,24,27)(H,20,21,25). The molecule has 0 atom stereocenters. The Hall–Kier alpha value is -3.40. The number of aromatic nitrogens is 4. The van der Waals surface area contributed by atoms with E-state index in [9.17, 15) is 4.79 Å². The van der Waals surface area contributed by atoms with Gasteiger partial charge in [0.05, 0.1) is 13.2 Å². The molecule has 3 rings (SSSR count). The molecule has 1 aliphatic heterocycles. The van der Waals surface area contributed by atoms with Gasteiger partial charge in [-0.3, -0.25) is 9.89 Å². The first-order valence-electron chi connectivity index (χ1n) is 8.67. The predicted molar refractivity (Wildman–Crippen MR) is 105 cm³/mol. The van der Waals surface area contributed by atoms with Crippen molar-refractivity contribution < 1.29 is 9.53 Å². The van der Waals surface area contributed by atoms with Gasteiger partial charge in [-0.15, -0.1) is 0 Å². The quantitative estimate of drug-likeness (QED) is 0.686. The minimum absolute atomic E-state index is 0.163. The molecule has 0 saturated carbocycles. The fourth-order valence-electron chi connectivity index (χ4n) is 2.87. The highest BCUT2D eigenvalue weighted by Crippen LogP contribution is 2.20. The van der Waals surface area contributed by atoms with E-state index >= 15 is 0 Å². The monoisotopic (exact) mass is 382 g/mol. The minimum atomic E-state index is -0.163. The summed E-state index contributed by atoms with van der Waals surface area (Å²) in [6.45, 7) is 8.48. The first kappa shape index (κ1) is 19.4. The molecule has 3 heterocycles. The summed E-state index contributed by atoms with van der Waals surface area (Å²) in [6.07, 6.45) is 1.44. The molecule has 0 unspecified atom stereocenters. The van der Waals surface area contributed by atoms with E-state index in [-0.39, 0.29) is 12.5 Å². The van der Waals surface area contributed by atoms with Gasteiger partial charge >= 0.3 is 0 Å². The van der Waals surface area contributed by atoms with Crippen LogP contribution in [0.5, 0.6) is 0 Å². The minimum Gasteiger partial charge on any atom is -0.383 e. The zero-order valence-electron chi connectivity index (χ0n) is 16.1. The number of H-pyrrole nitrogens is 1. The smallest absolute Gasteiger partial charge is 0.245 e. The fourth-order valence-corrected chi connectivity index (χ4v) is 2.87. The molecule has 10 heteroatoms. The van der Waals surface area contributed by atoms with Crippen molar-refractivity contribution in [2.24, 2.45) is 9.98 Å². The van der Waals surface area contributed by atoms with Crippen molar-refractivity contribution >= 4 is 18.3 Å². The fraction of sp³-hybridized carbons (Fsp3) is 0.333. The van der Waals surface area contributed by atoms with Crippen LogP contribution in [0.15, 0.2) is 40.1 Å². The van der Waals surface area contributed by atoms with Crippen LogP contribution in [0.4, 0.5) is 0 Å². The van der Waals surface area contributed by atoms with Gasteiger partial charge < -0.3 is 15.0 Å². The molecule has 2 aromatic heterocycles. The number of hydrogen-bond acceptors (Lipinski definition) is 8. The number of methoxy groups -OCH3 is 1. The number of ether oxygens (including phenoxy) is 1. The number of aromatic amines is 1. The highest BCUT2D eigenvalue weighted by Gasteiger charge is 2.24. The third-order valence-corrected chi connectivity index (χ3v) is 4.23. The van der Waals surface area contributed by atoms with Gasteiger partial charge in [-0.1, -0.05) is 0 Å². The average molecular weight is 382 g/mol.